The number of aromatic hydroxyl groups is 1. The molecule has 2 rings (SSSR count). The van der Waals surface area contributed by atoms with E-state index in [-0.39, 0.29) is 29.2 Å². The fourth-order valence-electron chi connectivity index (χ4n) is 2.30. The first kappa shape index (κ1) is 13.9. The molecule has 0 aromatic heterocycles. The second-order valence-corrected chi connectivity index (χ2v) is 5.60. The molecule has 1 aromatic rings. The summed E-state index contributed by atoms with van der Waals surface area (Å²) >= 11 is 3.20. The lowest BCUT2D eigenvalue weighted by atomic mass is 10.1. The topological polar surface area (TPSA) is 86.6 Å². The van der Waals surface area contributed by atoms with Gasteiger partial charge in [-0.1, -0.05) is 15.9 Å². The highest BCUT2D eigenvalue weighted by molar-refractivity contribution is 9.10. The molecule has 1 aromatic carbocycles. The number of carbonyl (C=O) groups is 2. The molecule has 1 amide bonds. The zero-order valence-electron chi connectivity index (χ0n) is 10.1. The first-order valence-corrected chi connectivity index (χ1v) is 6.79. The maximum absolute atomic E-state index is 12.0. The minimum Gasteiger partial charge on any atom is -0.507 e. The lowest BCUT2D eigenvalue weighted by Gasteiger charge is -2.13. The van der Waals surface area contributed by atoms with Gasteiger partial charge in [0.25, 0.3) is 5.91 Å². The molecular formula is C13H14BrNO4. The molecule has 1 aliphatic carbocycles. The van der Waals surface area contributed by atoms with Crippen molar-refractivity contribution in [3.05, 3.63) is 28.2 Å². The van der Waals surface area contributed by atoms with E-state index in [9.17, 15) is 14.7 Å². The van der Waals surface area contributed by atoms with Crippen molar-refractivity contribution in [3.8, 4) is 5.75 Å². The Balaban J connectivity index is 2.00. The number of phenolic OH excluding ortho intramolecular Hbond substituents is 1. The molecule has 6 heteroatoms. The van der Waals surface area contributed by atoms with Gasteiger partial charge in [0.05, 0.1) is 11.5 Å². The second kappa shape index (κ2) is 5.61. The van der Waals surface area contributed by atoms with E-state index < -0.39 is 5.97 Å². The quantitative estimate of drug-likeness (QED) is 0.793. The SMILES string of the molecule is O=C(NC1CCC(C(=O)O)C1)c1ccc(Br)cc1O. The van der Waals surface area contributed by atoms with Crippen LogP contribution >= 0.6 is 15.9 Å². The van der Waals surface area contributed by atoms with E-state index in [1.807, 2.05) is 0 Å². The molecule has 102 valence electrons. The first-order chi connectivity index (χ1) is 8.97. The second-order valence-electron chi connectivity index (χ2n) is 4.68. The zero-order valence-corrected chi connectivity index (χ0v) is 11.7. The van der Waals surface area contributed by atoms with Crippen LogP contribution in [-0.2, 0) is 4.79 Å². The molecule has 0 heterocycles. The summed E-state index contributed by atoms with van der Waals surface area (Å²) in [6, 6.07) is 4.50. The van der Waals surface area contributed by atoms with E-state index >= 15 is 0 Å². The number of benzene rings is 1. The normalized spacial score (nSPS) is 22.2. The highest BCUT2D eigenvalue weighted by atomic mass is 79.9. The number of carboxylic acid groups (broad SMARTS) is 1. The largest absolute Gasteiger partial charge is 0.507 e. The first-order valence-electron chi connectivity index (χ1n) is 5.99. The Kier molecular flexibility index (Phi) is 4.09. The molecule has 3 N–H and O–H groups in total. The molecule has 0 radical (unpaired) electrons. The van der Waals surface area contributed by atoms with Gasteiger partial charge >= 0.3 is 5.97 Å². The Bertz CT molecular complexity index is 517. The fourth-order valence-corrected chi connectivity index (χ4v) is 2.65. The van der Waals surface area contributed by atoms with Crippen molar-refractivity contribution in [3.63, 3.8) is 0 Å². The van der Waals surface area contributed by atoms with Gasteiger partial charge in [-0.3, -0.25) is 9.59 Å². The van der Waals surface area contributed by atoms with E-state index in [1.54, 1.807) is 6.07 Å². The summed E-state index contributed by atoms with van der Waals surface area (Å²) in [7, 11) is 0. The van der Waals surface area contributed by atoms with Crippen LogP contribution in [0.3, 0.4) is 0 Å². The minimum atomic E-state index is -0.816. The van der Waals surface area contributed by atoms with Crippen molar-refractivity contribution in [1.29, 1.82) is 0 Å². The third kappa shape index (κ3) is 3.26. The highest BCUT2D eigenvalue weighted by Crippen LogP contribution is 2.27. The van der Waals surface area contributed by atoms with E-state index in [1.165, 1.54) is 12.1 Å². The zero-order chi connectivity index (χ0) is 14.0. The predicted molar refractivity (Wildman–Crippen MR) is 72.0 cm³/mol. The lowest BCUT2D eigenvalue weighted by Crippen LogP contribution is -2.33. The number of amides is 1. The fraction of sp³-hybridized carbons (Fsp3) is 0.385. The summed E-state index contributed by atoms with van der Waals surface area (Å²) in [4.78, 5) is 22.8. The third-order valence-corrected chi connectivity index (χ3v) is 3.81. The van der Waals surface area contributed by atoms with Gasteiger partial charge in [0.1, 0.15) is 5.75 Å². The smallest absolute Gasteiger partial charge is 0.306 e. The average molecular weight is 328 g/mol. The Morgan fingerprint density at radius 1 is 1.32 bits per heavy atom. The Morgan fingerprint density at radius 3 is 2.63 bits per heavy atom. The van der Waals surface area contributed by atoms with Crippen LogP contribution in [0.2, 0.25) is 0 Å². The molecule has 19 heavy (non-hydrogen) atoms. The van der Waals surface area contributed by atoms with Gasteiger partial charge in [-0.25, -0.2) is 0 Å². The van der Waals surface area contributed by atoms with Crippen LogP contribution in [0.5, 0.6) is 5.75 Å². The van der Waals surface area contributed by atoms with Gasteiger partial charge in [0, 0.05) is 10.5 Å². The Morgan fingerprint density at radius 2 is 2.05 bits per heavy atom. The minimum absolute atomic E-state index is 0.0975. The molecule has 1 saturated carbocycles. The van der Waals surface area contributed by atoms with Crippen LogP contribution in [0.25, 0.3) is 0 Å². The van der Waals surface area contributed by atoms with Crippen LogP contribution in [0.4, 0.5) is 0 Å². The number of phenols is 1. The van der Waals surface area contributed by atoms with Gasteiger partial charge < -0.3 is 15.5 Å². The summed E-state index contributed by atoms with van der Waals surface area (Å²) in [5, 5.41) is 21.4. The number of hydrogen-bond acceptors (Lipinski definition) is 3. The Hall–Kier alpha value is -1.56. The molecule has 0 saturated heterocycles. The molecule has 1 fully saturated rings. The van der Waals surface area contributed by atoms with Crippen LogP contribution in [0.1, 0.15) is 29.6 Å². The third-order valence-electron chi connectivity index (χ3n) is 3.32. The molecule has 5 nitrogen and oxygen atoms in total. The predicted octanol–water partition coefficient (Wildman–Crippen LogP) is 2.14. The lowest BCUT2D eigenvalue weighted by molar-refractivity contribution is -0.141. The molecular weight excluding hydrogens is 314 g/mol. The summed E-state index contributed by atoms with van der Waals surface area (Å²) in [5.41, 5.74) is 0.196. The number of halogens is 1. The van der Waals surface area contributed by atoms with Crippen molar-refractivity contribution >= 4 is 27.8 Å². The van der Waals surface area contributed by atoms with Gasteiger partial charge in [-0.05, 0) is 37.5 Å². The number of nitrogens with one attached hydrogen (secondary N) is 1. The molecule has 0 bridgehead atoms. The number of aliphatic carboxylic acids is 1. The van der Waals surface area contributed by atoms with E-state index in [4.69, 9.17) is 5.11 Å². The van der Waals surface area contributed by atoms with Crippen molar-refractivity contribution in [2.75, 3.05) is 0 Å². The maximum atomic E-state index is 12.0. The van der Waals surface area contributed by atoms with Crippen molar-refractivity contribution < 1.29 is 19.8 Å². The summed E-state index contributed by atoms with van der Waals surface area (Å²) in [5.74, 6) is -1.67. The number of rotatable bonds is 3. The molecule has 0 aliphatic heterocycles. The van der Waals surface area contributed by atoms with Crippen molar-refractivity contribution in [2.24, 2.45) is 5.92 Å². The molecule has 1 aliphatic rings. The monoisotopic (exact) mass is 327 g/mol. The van der Waals surface area contributed by atoms with Crippen molar-refractivity contribution in [1.82, 2.24) is 5.32 Å². The summed E-state index contributed by atoms with van der Waals surface area (Å²) in [6.07, 6.45) is 1.67. The maximum Gasteiger partial charge on any atom is 0.306 e. The number of hydrogen-bond donors (Lipinski definition) is 3. The molecule has 0 spiro atoms. The van der Waals surface area contributed by atoms with E-state index in [0.717, 1.165) is 0 Å². The standard InChI is InChI=1S/C13H14BrNO4/c14-8-2-4-10(11(16)6-8)12(17)15-9-3-1-7(5-9)13(18)19/h2,4,6-7,9,16H,1,3,5H2,(H,15,17)(H,18,19). The summed E-state index contributed by atoms with van der Waals surface area (Å²) in [6.45, 7) is 0. The van der Waals surface area contributed by atoms with E-state index in [0.29, 0.717) is 23.7 Å². The Labute approximate surface area is 118 Å². The highest BCUT2D eigenvalue weighted by Gasteiger charge is 2.30. The van der Waals surface area contributed by atoms with Crippen LogP contribution in [0.15, 0.2) is 22.7 Å². The summed E-state index contributed by atoms with van der Waals surface area (Å²) < 4.78 is 0.688. The van der Waals surface area contributed by atoms with Crippen molar-refractivity contribution in [2.45, 2.75) is 25.3 Å². The van der Waals surface area contributed by atoms with Crippen LogP contribution in [0, 0.1) is 5.92 Å². The van der Waals surface area contributed by atoms with Gasteiger partial charge in [0.15, 0.2) is 0 Å². The van der Waals surface area contributed by atoms with E-state index in [2.05, 4.69) is 21.2 Å². The van der Waals surface area contributed by atoms with Gasteiger partial charge in [-0.2, -0.15) is 0 Å². The van der Waals surface area contributed by atoms with Crippen LogP contribution in [-0.4, -0.2) is 28.1 Å². The number of carboxylic acids is 1. The molecule has 2 unspecified atom stereocenters. The number of carbonyl (C=O) groups excluding carboxylic acids is 1. The van der Waals surface area contributed by atoms with Gasteiger partial charge in [-0.15, -0.1) is 0 Å². The van der Waals surface area contributed by atoms with Gasteiger partial charge in [0.2, 0.25) is 0 Å². The molecule has 2 atom stereocenters. The van der Waals surface area contributed by atoms with Crippen LogP contribution < -0.4 is 5.32 Å². The average Bonchev–Trinajstić information content (AvgIpc) is 2.77.